The molecule has 0 bridgehead atoms. The topological polar surface area (TPSA) is 71.0 Å². The predicted molar refractivity (Wildman–Crippen MR) is 174 cm³/mol. The van der Waals surface area contributed by atoms with Crippen molar-refractivity contribution in [3.63, 3.8) is 0 Å². The Morgan fingerprint density at radius 2 is 1.43 bits per heavy atom. The van der Waals surface area contributed by atoms with Gasteiger partial charge in [0.05, 0.1) is 18.8 Å². The second-order valence-electron chi connectivity index (χ2n) is 12.1. The molecule has 5 aromatic carbocycles. The number of amides is 1. The lowest BCUT2D eigenvalue weighted by Crippen LogP contribution is -2.38. The molecule has 6 rings (SSSR count). The third-order valence-corrected chi connectivity index (χ3v) is 8.90. The summed E-state index contributed by atoms with van der Waals surface area (Å²) in [4.78, 5) is 14.8. The molecule has 0 aliphatic carbocycles. The summed E-state index contributed by atoms with van der Waals surface area (Å²) in [5.74, 6) is -12.7. The van der Waals surface area contributed by atoms with Crippen molar-refractivity contribution in [3.8, 4) is 0 Å². The molecule has 6 nitrogen and oxygen atoms in total. The van der Waals surface area contributed by atoms with Gasteiger partial charge in [-0.1, -0.05) is 72.8 Å². The number of anilines is 1. The number of ether oxygens (including phenoxy) is 2. The summed E-state index contributed by atoms with van der Waals surface area (Å²) in [5, 5.41) is 14.0. The van der Waals surface area contributed by atoms with Crippen molar-refractivity contribution in [2.75, 3.05) is 18.9 Å². The number of aliphatic hydroxyl groups is 1. The molecule has 1 aliphatic heterocycles. The highest BCUT2D eigenvalue weighted by molar-refractivity contribution is 6.04. The monoisotopic (exact) mass is 676 g/mol. The van der Waals surface area contributed by atoms with Gasteiger partial charge in [-0.15, -0.1) is 0 Å². The highest BCUT2D eigenvalue weighted by Crippen LogP contribution is 2.39. The fraction of sp³-hybridized carbons (Fsp3) is 0.237. The van der Waals surface area contributed by atoms with Crippen LogP contribution in [-0.4, -0.2) is 35.6 Å². The minimum atomic E-state index is -2.35. The Labute approximate surface area is 279 Å². The molecule has 0 aromatic heterocycles. The molecule has 0 saturated carbocycles. The SMILES string of the molecule is C[C@H](c1ccc2ccccc2c1)N(C)C[C@@H]1C[C@H](c2ccc(CO)cc2)O[C@H](c2ccc(NC(=O)c3c(F)c(F)c(F)c(F)c3F)cc2)O1. The van der Waals surface area contributed by atoms with Crippen molar-refractivity contribution in [3.05, 3.63) is 148 Å². The second kappa shape index (κ2) is 14.4. The van der Waals surface area contributed by atoms with Gasteiger partial charge in [0.2, 0.25) is 5.82 Å². The van der Waals surface area contributed by atoms with Crippen LogP contribution >= 0.6 is 0 Å². The van der Waals surface area contributed by atoms with E-state index in [1.165, 1.54) is 12.1 Å². The number of hydrogen-bond acceptors (Lipinski definition) is 5. The van der Waals surface area contributed by atoms with Gasteiger partial charge in [-0.3, -0.25) is 9.69 Å². The number of rotatable bonds is 9. The average molecular weight is 677 g/mol. The number of benzene rings is 5. The Kier molecular flexibility index (Phi) is 10.1. The molecule has 1 saturated heterocycles. The van der Waals surface area contributed by atoms with E-state index in [0.717, 1.165) is 27.5 Å². The maximum Gasteiger partial charge on any atom is 0.261 e. The van der Waals surface area contributed by atoms with Crippen LogP contribution in [0, 0.1) is 29.1 Å². The van der Waals surface area contributed by atoms with Gasteiger partial charge in [0, 0.05) is 30.3 Å². The zero-order valence-corrected chi connectivity index (χ0v) is 26.6. The number of carbonyl (C=O) groups excluding carboxylic acids is 1. The molecule has 0 radical (unpaired) electrons. The quantitative estimate of drug-likeness (QED) is 0.0931. The molecular weight excluding hydrogens is 643 g/mol. The lowest BCUT2D eigenvalue weighted by atomic mass is 9.98. The van der Waals surface area contributed by atoms with Gasteiger partial charge in [0.25, 0.3) is 5.91 Å². The van der Waals surface area contributed by atoms with Crippen LogP contribution in [-0.2, 0) is 16.1 Å². The van der Waals surface area contributed by atoms with E-state index >= 15 is 0 Å². The van der Waals surface area contributed by atoms with E-state index in [9.17, 15) is 31.9 Å². The lowest BCUT2D eigenvalue weighted by Gasteiger charge is -2.39. The number of hydrogen-bond donors (Lipinski definition) is 2. The summed E-state index contributed by atoms with van der Waals surface area (Å²) in [7, 11) is 2.03. The summed E-state index contributed by atoms with van der Waals surface area (Å²) < 4.78 is 82.0. The van der Waals surface area contributed by atoms with E-state index in [1.54, 1.807) is 12.1 Å². The Morgan fingerprint density at radius 3 is 2.08 bits per heavy atom. The summed E-state index contributed by atoms with van der Waals surface area (Å²) in [5.41, 5.74) is 1.85. The third-order valence-electron chi connectivity index (χ3n) is 8.90. The number of likely N-dealkylation sites (N-methyl/N-ethyl adjacent to an activating group) is 1. The average Bonchev–Trinajstić information content (AvgIpc) is 3.13. The molecule has 5 aromatic rings. The van der Waals surface area contributed by atoms with Crippen LogP contribution in [0.1, 0.15) is 64.4 Å². The van der Waals surface area contributed by atoms with E-state index in [-0.39, 0.29) is 30.5 Å². The molecule has 0 unspecified atom stereocenters. The van der Waals surface area contributed by atoms with Crippen LogP contribution in [0.3, 0.4) is 0 Å². The van der Waals surface area contributed by atoms with Gasteiger partial charge >= 0.3 is 0 Å². The molecule has 2 N–H and O–H groups in total. The highest BCUT2D eigenvalue weighted by Gasteiger charge is 2.34. The Bertz CT molecular complexity index is 1940. The third kappa shape index (κ3) is 7.20. The van der Waals surface area contributed by atoms with E-state index < -0.39 is 46.8 Å². The molecule has 0 spiro atoms. The smallest absolute Gasteiger partial charge is 0.261 e. The van der Waals surface area contributed by atoms with Gasteiger partial charge in [-0.05, 0) is 59.6 Å². The normalized spacial score (nSPS) is 18.5. The van der Waals surface area contributed by atoms with Crippen LogP contribution < -0.4 is 5.32 Å². The van der Waals surface area contributed by atoms with Crippen molar-refractivity contribution in [2.45, 2.75) is 44.5 Å². The lowest BCUT2D eigenvalue weighted by molar-refractivity contribution is -0.253. The van der Waals surface area contributed by atoms with Gasteiger partial charge < -0.3 is 19.9 Å². The number of nitrogens with zero attached hydrogens (tertiary/aromatic N) is 1. The molecular formula is C38H33F5N2O4. The maximum atomic E-state index is 14.2. The Hall–Kier alpha value is -4.68. The standard InChI is InChI=1S/C38H33F5N2O4/c1-21(26-12-11-23-5-3-4-6-27(23)17-26)45(2)19-29-18-30(24-9-7-22(20-46)8-10-24)49-38(48-29)25-13-15-28(16-14-25)44-37(47)31-32(39)34(41)36(43)35(42)33(31)40/h3-17,21,29-30,38,46H,18-20H2,1-2H3,(H,44,47)/t21-,29+,30-,38-/m1/s1. The van der Waals surface area contributed by atoms with Gasteiger partial charge in [-0.2, -0.15) is 0 Å². The van der Waals surface area contributed by atoms with Gasteiger partial charge in [0.1, 0.15) is 5.56 Å². The summed E-state index contributed by atoms with van der Waals surface area (Å²) >= 11 is 0. The first-order valence-corrected chi connectivity index (χ1v) is 15.7. The number of nitrogens with one attached hydrogen (secondary N) is 1. The number of fused-ring (bicyclic) bond motifs is 1. The van der Waals surface area contributed by atoms with Gasteiger partial charge in [-0.25, -0.2) is 22.0 Å². The highest BCUT2D eigenvalue weighted by atomic mass is 19.2. The minimum Gasteiger partial charge on any atom is -0.392 e. The fourth-order valence-electron chi connectivity index (χ4n) is 5.96. The number of carbonyl (C=O) groups is 1. The van der Waals surface area contributed by atoms with E-state index in [2.05, 4.69) is 47.5 Å². The van der Waals surface area contributed by atoms with Crippen molar-refractivity contribution < 1.29 is 41.3 Å². The summed E-state index contributed by atoms with van der Waals surface area (Å²) in [6, 6.07) is 28.1. The van der Waals surface area contributed by atoms with Crippen LogP contribution in [0.4, 0.5) is 27.6 Å². The zero-order chi connectivity index (χ0) is 34.8. The molecule has 1 heterocycles. The van der Waals surface area contributed by atoms with Crippen molar-refractivity contribution in [1.82, 2.24) is 4.90 Å². The van der Waals surface area contributed by atoms with E-state index in [1.807, 2.05) is 43.4 Å². The predicted octanol–water partition coefficient (Wildman–Crippen LogP) is 8.52. The van der Waals surface area contributed by atoms with Crippen molar-refractivity contribution in [1.29, 1.82) is 0 Å². The minimum absolute atomic E-state index is 0.0464. The van der Waals surface area contributed by atoms with Crippen LogP contribution in [0.15, 0.2) is 91.0 Å². The summed E-state index contributed by atoms with van der Waals surface area (Å²) in [6.45, 7) is 2.60. The molecule has 11 heteroatoms. The first-order valence-electron chi connectivity index (χ1n) is 15.7. The molecule has 1 fully saturated rings. The summed E-state index contributed by atoms with van der Waals surface area (Å²) in [6.07, 6.45) is -0.942. The van der Waals surface area contributed by atoms with E-state index in [0.29, 0.717) is 18.5 Å². The van der Waals surface area contributed by atoms with Crippen LogP contribution in [0.25, 0.3) is 10.8 Å². The van der Waals surface area contributed by atoms with Gasteiger partial charge in [0.15, 0.2) is 29.6 Å². The first-order chi connectivity index (χ1) is 23.5. The molecule has 1 aliphatic rings. The number of halogens is 5. The fourth-order valence-corrected chi connectivity index (χ4v) is 5.96. The molecule has 49 heavy (non-hydrogen) atoms. The molecule has 4 atom stereocenters. The largest absolute Gasteiger partial charge is 0.392 e. The first kappa shape index (κ1) is 34.2. The molecule has 254 valence electrons. The van der Waals surface area contributed by atoms with Crippen LogP contribution in [0.2, 0.25) is 0 Å². The second-order valence-corrected chi connectivity index (χ2v) is 12.1. The van der Waals surface area contributed by atoms with E-state index in [4.69, 9.17) is 9.47 Å². The van der Waals surface area contributed by atoms with Crippen molar-refractivity contribution in [2.24, 2.45) is 0 Å². The van der Waals surface area contributed by atoms with Crippen LogP contribution in [0.5, 0.6) is 0 Å². The Morgan fingerprint density at radius 1 is 0.816 bits per heavy atom. The maximum absolute atomic E-state index is 14.2. The number of aliphatic hydroxyl groups excluding tert-OH is 1. The van der Waals surface area contributed by atoms with Crippen molar-refractivity contribution >= 4 is 22.4 Å². The zero-order valence-electron chi connectivity index (χ0n) is 26.6. The molecule has 1 amide bonds. The Balaban J connectivity index is 1.21.